The summed E-state index contributed by atoms with van der Waals surface area (Å²) in [5, 5.41) is 3.04. The van der Waals surface area contributed by atoms with Crippen LogP contribution in [-0.2, 0) is 16.3 Å². The zero-order valence-electron chi connectivity index (χ0n) is 11.0. The molecule has 0 aliphatic carbocycles. The minimum atomic E-state index is -2.86. The van der Waals surface area contributed by atoms with E-state index in [-0.39, 0.29) is 11.3 Å². The van der Waals surface area contributed by atoms with Crippen LogP contribution in [0.1, 0.15) is 44.3 Å². The summed E-state index contributed by atoms with van der Waals surface area (Å²) in [6.07, 6.45) is 2.45. The Morgan fingerprint density at radius 3 is 2.83 bits per heavy atom. The highest BCUT2D eigenvalue weighted by Crippen LogP contribution is 2.21. The number of nitrogens with one attached hydrogen (secondary N) is 1. The lowest BCUT2D eigenvalue weighted by Gasteiger charge is -2.15. The van der Waals surface area contributed by atoms with Crippen LogP contribution in [-0.4, -0.2) is 26.0 Å². The van der Waals surface area contributed by atoms with Crippen molar-refractivity contribution in [2.75, 3.05) is 12.3 Å². The molecule has 1 aromatic heterocycles. The minimum absolute atomic E-state index is 0.0566. The average molecular weight is 271 g/mol. The topological polar surface area (TPSA) is 59.3 Å². The molecule has 2 rings (SSSR count). The maximum absolute atomic E-state index is 11.7. The molecule has 2 heterocycles. The lowest BCUT2D eigenvalue weighted by molar-refractivity contribution is 0.407. The van der Waals surface area contributed by atoms with Crippen molar-refractivity contribution in [2.45, 2.75) is 44.4 Å². The molecule has 0 radical (unpaired) electrons. The van der Waals surface area contributed by atoms with Crippen LogP contribution in [0.2, 0.25) is 0 Å². The summed E-state index contributed by atoms with van der Waals surface area (Å²) in [5.74, 6) is 2.18. The van der Waals surface area contributed by atoms with Gasteiger partial charge in [0.1, 0.15) is 11.5 Å². The standard InChI is InChI=1S/C13H21NO3S/c1-3-11-6-7-13(17-11)10(2)14-9-12-5-4-8-18(12,15)16/h6-7,10,12,14H,3-5,8-9H2,1-2H3. The number of aryl methyl sites for hydroxylation is 1. The average Bonchev–Trinajstić information content (AvgIpc) is 2.92. The first-order valence-corrected chi connectivity index (χ1v) is 8.28. The number of furan rings is 1. The second-order valence-corrected chi connectivity index (χ2v) is 7.32. The van der Waals surface area contributed by atoms with Crippen molar-refractivity contribution in [2.24, 2.45) is 0 Å². The van der Waals surface area contributed by atoms with Crippen LogP contribution in [0.15, 0.2) is 16.5 Å². The highest BCUT2D eigenvalue weighted by atomic mass is 32.2. The Labute approximate surface area is 109 Å². The quantitative estimate of drug-likeness (QED) is 0.890. The molecule has 18 heavy (non-hydrogen) atoms. The van der Waals surface area contributed by atoms with E-state index in [0.29, 0.717) is 12.3 Å². The Hall–Kier alpha value is -0.810. The van der Waals surface area contributed by atoms with Gasteiger partial charge in [0.2, 0.25) is 0 Å². The van der Waals surface area contributed by atoms with Gasteiger partial charge in [-0.1, -0.05) is 6.92 Å². The van der Waals surface area contributed by atoms with Gasteiger partial charge in [-0.25, -0.2) is 8.42 Å². The SMILES string of the molecule is CCc1ccc(C(C)NCC2CCCS2(=O)=O)o1. The van der Waals surface area contributed by atoms with E-state index >= 15 is 0 Å². The summed E-state index contributed by atoms with van der Waals surface area (Å²) in [5.41, 5.74) is 0. The van der Waals surface area contributed by atoms with Crippen molar-refractivity contribution in [3.8, 4) is 0 Å². The lowest BCUT2D eigenvalue weighted by Crippen LogP contribution is -2.32. The van der Waals surface area contributed by atoms with Crippen LogP contribution in [0.4, 0.5) is 0 Å². The fourth-order valence-electron chi connectivity index (χ4n) is 2.31. The third-order valence-electron chi connectivity index (χ3n) is 3.57. The van der Waals surface area contributed by atoms with Gasteiger partial charge in [0.15, 0.2) is 9.84 Å². The van der Waals surface area contributed by atoms with E-state index in [9.17, 15) is 8.42 Å². The third kappa shape index (κ3) is 2.95. The Kier molecular flexibility index (Phi) is 4.12. The first-order chi connectivity index (χ1) is 8.53. The molecule has 1 fully saturated rings. The molecule has 0 aromatic carbocycles. The highest BCUT2D eigenvalue weighted by molar-refractivity contribution is 7.92. The van der Waals surface area contributed by atoms with Crippen molar-refractivity contribution in [1.29, 1.82) is 0 Å². The van der Waals surface area contributed by atoms with Crippen LogP contribution in [0.5, 0.6) is 0 Å². The molecule has 2 atom stereocenters. The maximum atomic E-state index is 11.7. The van der Waals surface area contributed by atoms with E-state index in [0.717, 1.165) is 30.8 Å². The smallest absolute Gasteiger partial charge is 0.154 e. The second-order valence-electron chi connectivity index (χ2n) is 4.92. The molecular formula is C13H21NO3S. The fourth-order valence-corrected chi connectivity index (χ4v) is 4.09. The molecule has 0 spiro atoms. The molecule has 1 N–H and O–H groups in total. The number of hydrogen-bond donors (Lipinski definition) is 1. The fraction of sp³-hybridized carbons (Fsp3) is 0.692. The molecule has 0 saturated carbocycles. The number of sulfone groups is 1. The van der Waals surface area contributed by atoms with E-state index in [1.54, 1.807) is 0 Å². The van der Waals surface area contributed by atoms with Gasteiger partial charge in [-0.05, 0) is 31.9 Å². The molecule has 0 amide bonds. The van der Waals surface area contributed by atoms with Gasteiger partial charge in [0, 0.05) is 13.0 Å². The third-order valence-corrected chi connectivity index (χ3v) is 5.85. The van der Waals surface area contributed by atoms with Crippen molar-refractivity contribution in [1.82, 2.24) is 5.32 Å². The Morgan fingerprint density at radius 2 is 2.28 bits per heavy atom. The summed E-state index contributed by atoms with van der Waals surface area (Å²) in [4.78, 5) is 0. The predicted octanol–water partition coefficient (Wildman–Crippen LogP) is 2.07. The number of rotatable bonds is 5. The second kappa shape index (κ2) is 5.45. The lowest BCUT2D eigenvalue weighted by atomic mass is 10.2. The van der Waals surface area contributed by atoms with E-state index in [1.807, 2.05) is 26.0 Å². The van der Waals surface area contributed by atoms with Gasteiger partial charge in [0.25, 0.3) is 0 Å². The van der Waals surface area contributed by atoms with Gasteiger partial charge < -0.3 is 9.73 Å². The highest BCUT2D eigenvalue weighted by Gasteiger charge is 2.31. The van der Waals surface area contributed by atoms with Gasteiger partial charge in [-0.2, -0.15) is 0 Å². The van der Waals surface area contributed by atoms with E-state index in [2.05, 4.69) is 5.32 Å². The van der Waals surface area contributed by atoms with E-state index in [1.165, 1.54) is 0 Å². The normalized spacial score (nSPS) is 24.2. The van der Waals surface area contributed by atoms with Gasteiger partial charge >= 0.3 is 0 Å². The summed E-state index contributed by atoms with van der Waals surface area (Å²) < 4.78 is 29.0. The van der Waals surface area contributed by atoms with Crippen molar-refractivity contribution < 1.29 is 12.8 Å². The first kappa shape index (κ1) is 13.6. The van der Waals surface area contributed by atoms with Crippen molar-refractivity contribution >= 4 is 9.84 Å². The Balaban J connectivity index is 1.90. The van der Waals surface area contributed by atoms with E-state index < -0.39 is 9.84 Å². The molecule has 0 bridgehead atoms. The Bertz CT molecular complexity index is 492. The van der Waals surface area contributed by atoms with Crippen LogP contribution in [0.25, 0.3) is 0 Å². The zero-order chi connectivity index (χ0) is 13.2. The summed E-state index contributed by atoms with van der Waals surface area (Å²) in [6.45, 7) is 4.57. The van der Waals surface area contributed by atoms with Crippen LogP contribution < -0.4 is 5.32 Å². The number of hydrogen-bond acceptors (Lipinski definition) is 4. The largest absolute Gasteiger partial charge is 0.464 e. The van der Waals surface area contributed by atoms with Gasteiger partial charge in [-0.15, -0.1) is 0 Å². The Morgan fingerprint density at radius 1 is 1.50 bits per heavy atom. The van der Waals surface area contributed by atoms with Crippen LogP contribution in [0.3, 0.4) is 0 Å². The van der Waals surface area contributed by atoms with Crippen LogP contribution in [0, 0.1) is 0 Å². The predicted molar refractivity (Wildman–Crippen MR) is 71.3 cm³/mol. The maximum Gasteiger partial charge on any atom is 0.154 e. The van der Waals surface area contributed by atoms with Gasteiger partial charge in [-0.3, -0.25) is 0 Å². The molecular weight excluding hydrogens is 250 g/mol. The van der Waals surface area contributed by atoms with Gasteiger partial charge in [0.05, 0.1) is 17.0 Å². The molecule has 1 saturated heterocycles. The molecule has 1 aromatic rings. The molecule has 1 aliphatic rings. The molecule has 2 unspecified atom stereocenters. The van der Waals surface area contributed by atoms with E-state index in [4.69, 9.17) is 4.42 Å². The molecule has 1 aliphatic heterocycles. The first-order valence-electron chi connectivity index (χ1n) is 6.56. The summed E-state index contributed by atoms with van der Waals surface area (Å²) >= 11 is 0. The monoisotopic (exact) mass is 271 g/mol. The molecule has 102 valence electrons. The minimum Gasteiger partial charge on any atom is -0.464 e. The molecule has 4 nitrogen and oxygen atoms in total. The summed E-state index contributed by atoms with van der Waals surface area (Å²) in [7, 11) is -2.86. The molecule has 5 heteroatoms. The summed E-state index contributed by atoms with van der Waals surface area (Å²) in [6, 6.07) is 3.99. The van der Waals surface area contributed by atoms with Crippen molar-refractivity contribution in [3.05, 3.63) is 23.7 Å². The zero-order valence-corrected chi connectivity index (χ0v) is 11.8. The van der Waals surface area contributed by atoms with Crippen LogP contribution >= 0.6 is 0 Å². The van der Waals surface area contributed by atoms with Crippen molar-refractivity contribution in [3.63, 3.8) is 0 Å².